The monoisotopic (exact) mass is 570 g/mol. The number of rotatable bonds is 7. The number of urea groups is 1. The van der Waals surface area contributed by atoms with Crippen molar-refractivity contribution in [3.05, 3.63) is 86.9 Å². The van der Waals surface area contributed by atoms with Crippen LogP contribution in [0.25, 0.3) is 6.08 Å². The van der Waals surface area contributed by atoms with Gasteiger partial charge >= 0.3 is 6.03 Å². The maximum absolute atomic E-state index is 13.3. The number of barbiturate groups is 1. The number of imide groups is 2. The van der Waals surface area contributed by atoms with E-state index in [1.54, 1.807) is 24.3 Å². The largest absolute Gasteiger partial charge is 0.495 e. The van der Waals surface area contributed by atoms with Crippen LogP contribution in [0.15, 0.2) is 70.7 Å². The second kappa shape index (κ2) is 10.8. The van der Waals surface area contributed by atoms with Gasteiger partial charge in [-0.3, -0.25) is 14.9 Å². The Balaban J connectivity index is 1.57. The highest BCUT2D eigenvalue weighted by Gasteiger charge is 2.38. The van der Waals surface area contributed by atoms with Crippen molar-refractivity contribution in [3.8, 4) is 17.2 Å². The maximum atomic E-state index is 13.3. The molecule has 0 aromatic heterocycles. The van der Waals surface area contributed by atoms with E-state index in [2.05, 4.69) is 21.2 Å². The van der Waals surface area contributed by atoms with E-state index in [-0.39, 0.29) is 27.8 Å². The van der Waals surface area contributed by atoms with Crippen LogP contribution in [0.1, 0.15) is 11.1 Å². The summed E-state index contributed by atoms with van der Waals surface area (Å²) in [6.07, 6.45) is 1.40. The molecule has 0 aliphatic carbocycles. The molecule has 1 aliphatic heterocycles. The first kappa shape index (κ1) is 25.3. The number of hydrogen-bond donors (Lipinski definition) is 1. The number of nitrogens with one attached hydrogen (secondary N) is 1. The minimum Gasteiger partial charge on any atom is -0.495 e. The molecule has 4 amide bonds. The van der Waals surface area contributed by atoms with Gasteiger partial charge in [-0.25, -0.2) is 9.69 Å². The highest BCUT2D eigenvalue weighted by atomic mass is 79.9. The predicted molar refractivity (Wildman–Crippen MR) is 138 cm³/mol. The van der Waals surface area contributed by atoms with Crippen LogP contribution in [-0.2, 0) is 16.2 Å². The molecule has 3 aromatic rings. The molecule has 0 saturated carbocycles. The number of halogens is 2. The van der Waals surface area contributed by atoms with Crippen molar-refractivity contribution in [1.29, 1.82) is 0 Å². The molecular weight excluding hydrogens is 552 g/mol. The molecule has 1 fully saturated rings. The number of amides is 4. The zero-order valence-electron chi connectivity index (χ0n) is 19.2. The van der Waals surface area contributed by atoms with Crippen molar-refractivity contribution >= 4 is 57.1 Å². The van der Waals surface area contributed by atoms with Crippen molar-refractivity contribution in [1.82, 2.24) is 5.32 Å². The number of nitrogens with zero attached hydrogens (tertiary/aromatic N) is 1. The molecule has 3 aromatic carbocycles. The Morgan fingerprint density at radius 2 is 1.61 bits per heavy atom. The fourth-order valence-corrected chi connectivity index (χ4v) is 3.96. The van der Waals surface area contributed by atoms with E-state index < -0.39 is 17.8 Å². The first-order valence-corrected chi connectivity index (χ1v) is 11.8. The fraction of sp³-hybridized carbons (Fsp3) is 0.115. The van der Waals surface area contributed by atoms with E-state index in [4.69, 9.17) is 25.8 Å². The van der Waals surface area contributed by atoms with Gasteiger partial charge in [0.2, 0.25) is 0 Å². The first-order valence-electron chi connectivity index (χ1n) is 10.6. The second-order valence-electron chi connectivity index (χ2n) is 7.60. The van der Waals surface area contributed by atoms with E-state index in [0.717, 1.165) is 14.9 Å². The Hall–Kier alpha value is -3.82. The van der Waals surface area contributed by atoms with Gasteiger partial charge in [-0.05, 0) is 41.5 Å². The normalized spacial score (nSPS) is 14.6. The lowest BCUT2D eigenvalue weighted by atomic mass is 10.1. The lowest BCUT2D eigenvalue weighted by Gasteiger charge is -2.28. The summed E-state index contributed by atoms with van der Waals surface area (Å²) in [6.45, 7) is 0.387. The van der Waals surface area contributed by atoms with Crippen LogP contribution in [0, 0.1) is 0 Å². The Morgan fingerprint density at radius 1 is 0.944 bits per heavy atom. The molecule has 10 heteroatoms. The third kappa shape index (κ3) is 5.37. The van der Waals surface area contributed by atoms with Crippen LogP contribution in [-0.4, -0.2) is 32.1 Å². The Labute approximate surface area is 220 Å². The Kier molecular flexibility index (Phi) is 7.61. The average Bonchev–Trinajstić information content (AvgIpc) is 2.87. The third-order valence-corrected chi connectivity index (χ3v) is 6.13. The van der Waals surface area contributed by atoms with Crippen molar-refractivity contribution in [2.24, 2.45) is 0 Å². The summed E-state index contributed by atoms with van der Waals surface area (Å²) in [5, 5.41) is 2.42. The highest BCUT2D eigenvalue weighted by molar-refractivity contribution is 9.10. The third-order valence-electron chi connectivity index (χ3n) is 5.31. The second-order valence-corrected chi connectivity index (χ2v) is 8.92. The van der Waals surface area contributed by atoms with Crippen molar-refractivity contribution < 1.29 is 28.6 Å². The summed E-state index contributed by atoms with van der Waals surface area (Å²) in [4.78, 5) is 39.2. The molecule has 1 aliphatic rings. The lowest BCUT2D eigenvalue weighted by Crippen LogP contribution is -2.54. The molecule has 1 N–H and O–H groups in total. The number of methoxy groups -OCH3 is 2. The van der Waals surface area contributed by atoms with E-state index in [1.807, 2.05) is 24.3 Å². The Morgan fingerprint density at radius 3 is 2.25 bits per heavy atom. The number of carbonyl (C=O) groups excluding carboxylic acids is 3. The SMILES string of the molecule is COc1cc(N2C(=O)NC(=O)/C(=C\c3ccc(OCc4ccc(Br)cc4)cc3)C2=O)c(OC)cc1Cl. The van der Waals surface area contributed by atoms with Crippen LogP contribution >= 0.6 is 27.5 Å². The van der Waals surface area contributed by atoms with Crippen molar-refractivity contribution in [2.75, 3.05) is 19.1 Å². The van der Waals surface area contributed by atoms with Crippen LogP contribution in [0.3, 0.4) is 0 Å². The van der Waals surface area contributed by atoms with E-state index >= 15 is 0 Å². The molecular formula is C26H20BrClN2O6. The molecule has 0 atom stereocenters. The van der Waals surface area contributed by atoms with Crippen LogP contribution in [0.4, 0.5) is 10.5 Å². The van der Waals surface area contributed by atoms with Crippen molar-refractivity contribution in [3.63, 3.8) is 0 Å². The van der Waals surface area contributed by atoms with Gasteiger partial charge in [-0.2, -0.15) is 0 Å². The number of anilines is 1. The van der Waals surface area contributed by atoms with Gasteiger partial charge in [0.05, 0.1) is 24.9 Å². The van der Waals surface area contributed by atoms with Gasteiger partial charge in [-0.1, -0.05) is 51.8 Å². The summed E-state index contributed by atoms with van der Waals surface area (Å²) in [5.74, 6) is -0.618. The van der Waals surface area contributed by atoms with E-state index in [9.17, 15) is 14.4 Å². The zero-order valence-corrected chi connectivity index (χ0v) is 21.6. The van der Waals surface area contributed by atoms with Gasteiger partial charge in [0.15, 0.2) is 0 Å². The minimum atomic E-state index is -0.915. The smallest absolute Gasteiger partial charge is 0.336 e. The number of benzene rings is 3. The maximum Gasteiger partial charge on any atom is 0.336 e. The van der Waals surface area contributed by atoms with Crippen LogP contribution in [0.2, 0.25) is 5.02 Å². The van der Waals surface area contributed by atoms with Gasteiger partial charge < -0.3 is 14.2 Å². The average molecular weight is 572 g/mol. The Bertz CT molecular complexity index is 1360. The first-order chi connectivity index (χ1) is 17.3. The van der Waals surface area contributed by atoms with Crippen LogP contribution in [0.5, 0.6) is 17.2 Å². The molecule has 0 bridgehead atoms. The van der Waals surface area contributed by atoms with Crippen molar-refractivity contribution in [2.45, 2.75) is 6.61 Å². The summed E-state index contributed by atoms with van der Waals surface area (Å²) >= 11 is 9.54. The summed E-state index contributed by atoms with van der Waals surface area (Å²) < 4.78 is 17.3. The topological polar surface area (TPSA) is 94.2 Å². The van der Waals surface area contributed by atoms with Gasteiger partial charge in [0.1, 0.15) is 29.4 Å². The fourth-order valence-electron chi connectivity index (χ4n) is 3.47. The standard InChI is InChI=1S/C26H20BrClN2O6/c1-34-22-13-21(23(35-2)12-20(22)28)30-25(32)19(24(31)29-26(30)33)11-15-5-9-18(10-6-15)36-14-16-3-7-17(27)8-4-16/h3-13H,14H2,1-2H3,(H,29,31,33)/b19-11+. The predicted octanol–water partition coefficient (Wildman–Crippen LogP) is 5.37. The molecule has 36 heavy (non-hydrogen) atoms. The van der Waals surface area contributed by atoms with E-state index in [1.165, 1.54) is 32.4 Å². The highest BCUT2D eigenvalue weighted by Crippen LogP contribution is 2.39. The molecule has 184 valence electrons. The van der Waals surface area contributed by atoms with Gasteiger partial charge in [0, 0.05) is 16.6 Å². The van der Waals surface area contributed by atoms with Gasteiger partial charge in [0.25, 0.3) is 11.8 Å². The van der Waals surface area contributed by atoms with Crippen LogP contribution < -0.4 is 24.4 Å². The number of carbonyl (C=O) groups is 3. The van der Waals surface area contributed by atoms with Gasteiger partial charge in [-0.15, -0.1) is 0 Å². The molecule has 1 saturated heterocycles. The molecule has 4 rings (SSSR count). The van der Waals surface area contributed by atoms with E-state index in [0.29, 0.717) is 17.9 Å². The lowest BCUT2D eigenvalue weighted by molar-refractivity contribution is -0.122. The summed E-state index contributed by atoms with van der Waals surface area (Å²) in [5.41, 5.74) is 1.43. The molecule has 1 heterocycles. The molecule has 0 unspecified atom stereocenters. The minimum absolute atomic E-state index is 0.0799. The quantitative estimate of drug-likeness (QED) is 0.303. The number of hydrogen-bond acceptors (Lipinski definition) is 6. The molecule has 0 radical (unpaired) electrons. The summed E-state index contributed by atoms with van der Waals surface area (Å²) in [6, 6.07) is 16.5. The molecule has 8 nitrogen and oxygen atoms in total. The number of ether oxygens (including phenoxy) is 3. The molecule has 0 spiro atoms. The zero-order chi connectivity index (χ0) is 25.8. The summed E-state index contributed by atoms with van der Waals surface area (Å²) in [7, 11) is 2.77.